The molecule has 0 fully saturated rings. The van der Waals surface area contributed by atoms with Gasteiger partial charge in [0.05, 0.1) is 6.07 Å². The third kappa shape index (κ3) is 7.05. The molecule has 0 radical (unpaired) electrons. The summed E-state index contributed by atoms with van der Waals surface area (Å²) in [7, 11) is 0. The van der Waals surface area contributed by atoms with E-state index in [1.165, 1.54) is 0 Å². The van der Waals surface area contributed by atoms with Crippen molar-refractivity contribution in [1.82, 2.24) is 0 Å². The molecule has 0 spiro atoms. The Labute approximate surface area is 97.8 Å². The lowest BCUT2D eigenvalue weighted by atomic mass is 9.92. The molecule has 0 aliphatic rings. The van der Waals surface area contributed by atoms with Crippen LogP contribution in [0.3, 0.4) is 0 Å². The SMILES string of the molecule is C=C(CCC(CC)CCCCC#N)C(=O)O. The molecule has 0 saturated carbocycles. The van der Waals surface area contributed by atoms with E-state index in [9.17, 15) is 4.79 Å². The molecule has 0 amide bonds. The van der Waals surface area contributed by atoms with E-state index in [1.807, 2.05) is 0 Å². The Morgan fingerprint density at radius 2 is 2.12 bits per heavy atom. The van der Waals surface area contributed by atoms with Crippen LogP contribution in [0.5, 0.6) is 0 Å². The minimum atomic E-state index is -0.890. The standard InChI is InChI=1S/C13H21NO2/c1-3-12(7-5-4-6-10-14)9-8-11(2)13(15)16/h12H,2-9H2,1H3,(H,15,16). The Hall–Kier alpha value is -1.30. The monoisotopic (exact) mass is 223 g/mol. The Kier molecular flexibility index (Phi) is 8.24. The average Bonchev–Trinajstić information content (AvgIpc) is 2.27. The lowest BCUT2D eigenvalue weighted by Gasteiger charge is -2.13. The van der Waals surface area contributed by atoms with E-state index in [2.05, 4.69) is 19.6 Å². The van der Waals surface area contributed by atoms with Gasteiger partial charge in [-0.15, -0.1) is 0 Å². The van der Waals surface area contributed by atoms with Crippen LogP contribution in [0.1, 0.15) is 51.9 Å². The first-order chi connectivity index (χ1) is 7.61. The lowest BCUT2D eigenvalue weighted by molar-refractivity contribution is -0.132. The van der Waals surface area contributed by atoms with E-state index in [0.29, 0.717) is 24.3 Å². The molecule has 0 heterocycles. The second-order valence-corrected chi connectivity index (χ2v) is 4.13. The maximum atomic E-state index is 10.6. The van der Waals surface area contributed by atoms with Crippen LogP contribution < -0.4 is 0 Å². The average molecular weight is 223 g/mol. The fourth-order valence-electron chi connectivity index (χ4n) is 1.67. The van der Waals surface area contributed by atoms with Gasteiger partial charge in [0, 0.05) is 12.0 Å². The molecule has 0 aliphatic heterocycles. The third-order valence-corrected chi connectivity index (χ3v) is 2.89. The van der Waals surface area contributed by atoms with Crippen LogP contribution in [0.15, 0.2) is 12.2 Å². The van der Waals surface area contributed by atoms with Crippen molar-refractivity contribution in [3.63, 3.8) is 0 Å². The minimum Gasteiger partial charge on any atom is -0.478 e. The van der Waals surface area contributed by atoms with E-state index < -0.39 is 5.97 Å². The number of hydrogen-bond acceptors (Lipinski definition) is 2. The number of unbranched alkanes of at least 4 members (excludes halogenated alkanes) is 2. The number of nitrogens with zero attached hydrogens (tertiary/aromatic N) is 1. The summed E-state index contributed by atoms with van der Waals surface area (Å²) in [6.07, 6.45) is 6.27. The van der Waals surface area contributed by atoms with Crippen molar-refractivity contribution in [3.8, 4) is 6.07 Å². The Balaban J connectivity index is 3.71. The molecule has 0 rings (SSSR count). The molecule has 3 nitrogen and oxygen atoms in total. The number of nitriles is 1. The highest BCUT2D eigenvalue weighted by Gasteiger charge is 2.09. The molecule has 0 bridgehead atoms. The Morgan fingerprint density at radius 3 is 2.62 bits per heavy atom. The van der Waals surface area contributed by atoms with Crippen LogP contribution in [0.2, 0.25) is 0 Å². The maximum absolute atomic E-state index is 10.6. The summed E-state index contributed by atoms with van der Waals surface area (Å²) in [6.45, 7) is 5.65. The van der Waals surface area contributed by atoms with Crippen molar-refractivity contribution in [1.29, 1.82) is 5.26 Å². The van der Waals surface area contributed by atoms with Crippen LogP contribution in [-0.4, -0.2) is 11.1 Å². The van der Waals surface area contributed by atoms with Crippen LogP contribution in [0.25, 0.3) is 0 Å². The zero-order valence-corrected chi connectivity index (χ0v) is 10.0. The summed E-state index contributed by atoms with van der Waals surface area (Å²) in [6, 6.07) is 2.13. The number of hydrogen-bond donors (Lipinski definition) is 1. The van der Waals surface area contributed by atoms with Gasteiger partial charge in [0.15, 0.2) is 0 Å². The molecular formula is C13H21NO2. The first-order valence-electron chi connectivity index (χ1n) is 5.89. The van der Waals surface area contributed by atoms with Gasteiger partial charge in [-0.05, 0) is 25.2 Å². The molecule has 0 aromatic heterocycles. The first kappa shape index (κ1) is 14.7. The van der Waals surface area contributed by atoms with E-state index in [-0.39, 0.29) is 0 Å². The van der Waals surface area contributed by atoms with Gasteiger partial charge in [0.25, 0.3) is 0 Å². The largest absolute Gasteiger partial charge is 0.478 e. The normalized spacial score (nSPS) is 11.8. The second kappa shape index (κ2) is 8.96. The number of rotatable bonds is 9. The van der Waals surface area contributed by atoms with Crippen molar-refractivity contribution in [2.24, 2.45) is 5.92 Å². The molecule has 0 aromatic rings. The molecule has 0 saturated heterocycles. The number of aliphatic carboxylic acids is 1. The van der Waals surface area contributed by atoms with Gasteiger partial charge in [0.1, 0.15) is 0 Å². The molecule has 1 atom stereocenters. The molecule has 0 aliphatic carbocycles. The number of carboxylic acid groups (broad SMARTS) is 1. The second-order valence-electron chi connectivity index (χ2n) is 4.13. The van der Waals surface area contributed by atoms with Crippen molar-refractivity contribution >= 4 is 5.97 Å². The predicted octanol–water partition coefficient (Wildman–Crippen LogP) is 3.52. The maximum Gasteiger partial charge on any atom is 0.330 e. The number of carbonyl (C=O) groups is 1. The highest BCUT2D eigenvalue weighted by molar-refractivity contribution is 5.85. The van der Waals surface area contributed by atoms with Gasteiger partial charge in [-0.2, -0.15) is 5.26 Å². The fraction of sp³-hybridized carbons (Fsp3) is 0.692. The predicted molar refractivity (Wildman–Crippen MR) is 63.9 cm³/mol. The molecule has 90 valence electrons. The van der Waals surface area contributed by atoms with Crippen LogP contribution in [0, 0.1) is 17.2 Å². The molecule has 0 aromatic carbocycles. The van der Waals surface area contributed by atoms with Crippen molar-refractivity contribution in [2.75, 3.05) is 0 Å². The third-order valence-electron chi connectivity index (χ3n) is 2.89. The van der Waals surface area contributed by atoms with E-state index in [4.69, 9.17) is 10.4 Å². The zero-order valence-electron chi connectivity index (χ0n) is 10.0. The Bertz CT molecular complexity index is 266. The van der Waals surface area contributed by atoms with E-state index >= 15 is 0 Å². The Morgan fingerprint density at radius 1 is 1.44 bits per heavy atom. The van der Waals surface area contributed by atoms with Crippen molar-refractivity contribution in [2.45, 2.75) is 51.9 Å². The smallest absolute Gasteiger partial charge is 0.330 e. The van der Waals surface area contributed by atoms with Gasteiger partial charge in [0.2, 0.25) is 0 Å². The molecule has 3 heteroatoms. The molecule has 1 unspecified atom stereocenters. The molecule has 1 N–H and O–H groups in total. The van der Waals surface area contributed by atoms with E-state index in [0.717, 1.165) is 32.1 Å². The van der Waals surface area contributed by atoms with Gasteiger partial charge in [-0.1, -0.05) is 32.8 Å². The summed E-state index contributed by atoms with van der Waals surface area (Å²) in [4.78, 5) is 10.6. The van der Waals surface area contributed by atoms with Gasteiger partial charge in [-0.3, -0.25) is 0 Å². The van der Waals surface area contributed by atoms with Gasteiger partial charge >= 0.3 is 5.97 Å². The van der Waals surface area contributed by atoms with E-state index in [1.54, 1.807) is 0 Å². The zero-order chi connectivity index (χ0) is 12.4. The van der Waals surface area contributed by atoms with Crippen LogP contribution >= 0.6 is 0 Å². The highest BCUT2D eigenvalue weighted by Crippen LogP contribution is 2.20. The quantitative estimate of drug-likeness (QED) is 0.480. The van der Waals surface area contributed by atoms with Crippen molar-refractivity contribution in [3.05, 3.63) is 12.2 Å². The summed E-state index contributed by atoms with van der Waals surface area (Å²) in [5, 5.41) is 17.1. The van der Waals surface area contributed by atoms with Crippen LogP contribution in [0.4, 0.5) is 0 Å². The fourth-order valence-corrected chi connectivity index (χ4v) is 1.67. The highest BCUT2D eigenvalue weighted by atomic mass is 16.4. The van der Waals surface area contributed by atoms with Gasteiger partial charge in [-0.25, -0.2) is 4.79 Å². The van der Waals surface area contributed by atoms with Gasteiger partial charge < -0.3 is 5.11 Å². The topological polar surface area (TPSA) is 61.1 Å². The molecule has 16 heavy (non-hydrogen) atoms. The first-order valence-corrected chi connectivity index (χ1v) is 5.89. The summed E-state index contributed by atoms with van der Waals surface area (Å²) >= 11 is 0. The molecular weight excluding hydrogens is 202 g/mol. The summed E-state index contributed by atoms with van der Waals surface area (Å²) in [5.74, 6) is -0.325. The summed E-state index contributed by atoms with van der Waals surface area (Å²) in [5.41, 5.74) is 0.301. The van der Waals surface area contributed by atoms with Crippen molar-refractivity contribution < 1.29 is 9.90 Å². The summed E-state index contributed by atoms with van der Waals surface area (Å²) < 4.78 is 0. The lowest BCUT2D eigenvalue weighted by Crippen LogP contribution is -2.04. The number of carboxylic acids is 1. The van der Waals surface area contributed by atoms with Crippen LogP contribution in [-0.2, 0) is 4.79 Å². The minimum absolute atomic E-state index is 0.301.